The molecule has 0 unspecified atom stereocenters. The van der Waals surface area contributed by atoms with Crippen molar-refractivity contribution in [1.29, 1.82) is 0 Å². The lowest BCUT2D eigenvalue weighted by atomic mass is 10.2. The molecule has 0 saturated carbocycles. The quantitative estimate of drug-likeness (QED) is 0.415. The first-order chi connectivity index (χ1) is 13.1. The van der Waals surface area contributed by atoms with Gasteiger partial charge in [-0.25, -0.2) is 9.78 Å². The Morgan fingerprint density at radius 2 is 2.04 bits per heavy atom. The number of carbonyl (C=O) groups excluding carboxylic acids is 1. The van der Waals surface area contributed by atoms with E-state index < -0.39 is 5.97 Å². The van der Waals surface area contributed by atoms with Gasteiger partial charge < -0.3 is 9.47 Å². The topological polar surface area (TPSA) is 70.4 Å². The zero-order valence-corrected chi connectivity index (χ0v) is 16.4. The third kappa shape index (κ3) is 4.67. The summed E-state index contributed by atoms with van der Waals surface area (Å²) in [7, 11) is 0. The number of esters is 1. The van der Waals surface area contributed by atoms with Gasteiger partial charge in [-0.1, -0.05) is 24.9 Å². The number of carbonyl (C=O) groups is 1. The van der Waals surface area contributed by atoms with Crippen LogP contribution in [0.5, 0.6) is 5.75 Å². The van der Waals surface area contributed by atoms with Crippen LogP contribution in [0.15, 0.2) is 40.8 Å². The molecule has 142 valence electrons. The zero-order chi connectivity index (χ0) is 19.2. The van der Waals surface area contributed by atoms with Gasteiger partial charge in [0.05, 0.1) is 30.4 Å². The van der Waals surface area contributed by atoms with E-state index in [0.717, 1.165) is 12.8 Å². The van der Waals surface area contributed by atoms with Crippen molar-refractivity contribution < 1.29 is 14.3 Å². The average molecular weight is 407 g/mol. The van der Waals surface area contributed by atoms with Crippen LogP contribution >= 0.6 is 22.9 Å². The fourth-order valence-electron chi connectivity index (χ4n) is 2.46. The molecule has 0 amide bonds. The van der Waals surface area contributed by atoms with Gasteiger partial charge in [0, 0.05) is 10.4 Å². The van der Waals surface area contributed by atoms with Crippen LogP contribution in [0, 0.1) is 0 Å². The van der Waals surface area contributed by atoms with E-state index in [1.54, 1.807) is 29.6 Å². The number of thiophene rings is 1. The predicted octanol–water partition coefficient (Wildman–Crippen LogP) is 4.15. The van der Waals surface area contributed by atoms with Crippen molar-refractivity contribution in [1.82, 2.24) is 9.55 Å². The molecule has 0 bridgehead atoms. The highest BCUT2D eigenvalue weighted by Gasteiger charge is 2.18. The summed E-state index contributed by atoms with van der Waals surface area (Å²) in [6, 6.07) is 6.99. The van der Waals surface area contributed by atoms with Crippen molar-refractivity contribution in [2.45, 2.75) is 26.3 Å². The van der Waals surface area contributed by atoms with Crippen LogP contribution in [0.3, 0.4) is 0 Å². The third-order valence-electron chi connectivity index (χ3n) is 3.93. The normalized spacial score (nSPS) is 10.9. The molecule has 2 heterocycles. The Balaban J connectivity index is 1.73. The number of rotatable bonds is 8. The van der Waals surface area contributed by atoms with Crippen molar-refractivity contribution in [3.05, 3.63) is 56.9 Å². The first-order valence-corrected chi connectivity index (χ1v) is 9.88. The van der Waals surface area contributed by atoms with Gasteiger partial charge in [-0.3, -0.25) is 9.36 Å². The summed E-state index contributed by atoms with van der Waals surface area (Å²) in [5, 5.41) is 2.56. The molecule has 8 heteroatoms. The number of benzene rings is 1. The first kappa shape index (κ1) is 19.4. The number of ether oxygens (including phenoxy) is 2. The van der Waals surface area contributed by atoms with E-state index in [0.29, 0.717) is 34.1 Å². The maximum Gasteiger partial charge on any atom is 0.339 e. The highest BCUT2D eigenvalue weighted by molar-refractivity contribution is 7.17. The highest BCUT2D eigenvalue weighted by atomic mass is 35.5. The number of hydrogen-bond acceptors (Lipinski definition) is 6. The van der Waals surface area contributed by atoms with Crippen molar-refractivity contribution in [2.24, 2.45) is 0 Å². The molecule has 0 saturated heterocycles. The summed E-state index contributed by atoms with van der Waals surface area (Å²) in [4.78, 5) is 29.8. The van der Waals surface area contributed by atoms with Crippen LogP contribution in [0.2, 0.25) is 5.02 Å². The van der Waals surface area contributed by atoms with Gasteiger partial charge in [-0.15, -0.1) is 11.3 Å². The maximum atomic E-state index is 12.8. The van der Waals surface area contributed by atoms with Crippen molar-refractivity contribution >= 4 is 39.1 Å². The third-order valence-corrected chi connectivity index (χ3v) is 5.06. The van der Waals surface area contributed by atoms with E-state index >= 15 is 0 Å². The van der Waals surface area contributed by atoms with Crippen LogP contribution in [-0.4, -0.2) is 28.7 Å². The molecule has 27 heavy (non-hydrogen) atoms. The van der Waals surface area contributed by atoms with Gasteiger partial charge in [-0.2, -0.15) is 0 Å². The molecule has 0 N–H and O–H groups in total. The number of unbranched alkanes of at least 4 members (excludes halogenated alkanes) is 1. The summed E-state index contributed by atoms with van der Waals surface area (Å²) in [5.41, 5.74) is -0.0000275. The Kier molecular flexibility index (Phi) is 6.47. The lowest BCUT2D eigenvalue weighted by molar-refractivity contribution is 0.0502. The van der Waals surface area contributed by atoms with Gasteiger partial charge in [0.2, 0.25) is 0 Å². The molecule has 3 aromatic rings. The summed E-state index contributed by atoms with van der Waals surface area (Å²) in [6.45, 7) is 2.96. The highest BCUT2D eigenvalue weighted by Crippen LogP contribution is 2.22. The number of halogens is 1. The SMILES string of the molecule is CCCCOC(=O)c1csc2ncn(CCOc3ccc(Cl)cc3)c(=O)c12. The number of aromatic nitrogens is 2. The Labute approximate surface area is 165 Å². The molecule has 0 aliphatic carbocycles. The molecule has 0 aliphatic heterocycles. The molecular formula is C19H19ClN2O4S. The minimum absolute atomic E-state index is 0.275. The summed E-state index contributed by atoms with van der Waals surface area (Å²) in [5.74, 6) is 0.181. The van der Waals surface area contributed by atoms with E-state index in [4.69, 9.17) is 21.1 Å². The standard InChI is InChI=1S/C19H19ClN2O4S/c1-2-3-9-26-19(24)15-11-27-17-16(15)18(23)22(12-21-17)8-10-25-14-6-4-13(20)5-7-14/h4-7,11-12H,2-3,8-10H2,1H3. The molecule has 0 spiro atoms. The minimum atomic E-state index is -0.483. The molecule has 0 fully saturated rings. The zero-order valence-electron chi connectivity index (χ0n) is 14.8. The molecule has 0 atom stereocenters. The number of hydrogen-bond donors (Lipinski definition) is 0. The predicted molar refractivity (Wildman–Crippen MR) is 106 cm³/mol. The van der Waals surface area contributed by atoms with Crippen molar-refractivity contribution in [2.75, 3.05) is 13.2 Å². The minimum Gasteiger partial charge on any atom is -0.492 e. The van der Waals surface area contributed by atoms with Gasteiger partial charge >= 0.3 is 5.97 Å². The Morgan fingerprint density at radius 3 is 2.78 bits per heavy atom. The smallest absolute Gasteiger partial charge is 0.339 e. The number of fused-ring (bicyclic) bond motifs is 1. The Morgan fingerprint density at radius 1 is 1.26 bits per heavy atom. The van der Waals surface area contributed by atoms with Gasteiger partial charge in [0.1, 0.15) is 17.2 Å². The monoisotopic (exact) mass is 406 g/mol. The van der Waals surface area contributed by atoms with Crippen molar-refractivity contribution in [3.8, 4) is 5.75 Å². The fourth-order valence-corrected chi connectivity index (χ4v) is 3.45. The first-order valence-electron chi connectivity index (χ1n) is 8.62. The molecule has 1 aromatic carbocycles. The Hall–Kier alpha value is -2.38. The molecular weight excluding hydrogens is 388 g/mol. The van der Waals surface area contributed by atoms with Crippen LogP contribution in [-0.2, 0) is 11.3 Å². The average Bonchev–Trinajstić information content (AvgIpc) is 3.10. The summed E-state index contributed by atoms with van der Waals surface area (Å²) >= 11 is 7.10. The molecule has 0 radical (unpaired) electrons. The van der Waals surface area contributed by atoms with E-state index in [2.05, 4.69) is 4.98 Å². The van der Waals surface area contributed by atoms with E-state index in [1.807, 2.05) is 6.92 Å². The summed E-state index contributed by atoms with van der Waals surface area (Å²) < 4.78 is 12.3. The lowest BCUT2D eigenvalue weighted by Crippen LogP contribution is -2.24. The largest absolute Gasteiger partial charge is 0.492 e. The second kappa shape index (κ2) is 9.01. The second-order valence-electron chi connectivity index (χ2n) is 5.86. The van der Waals surface area contributed by atoms with Crippen LogP contribution in [0.4, 0.5) is 0 Å². The van der Waals surface area contributed by atoms with Crippen molar-refractivity contribution in [3.63, 3.8) is 0 Å². The van der Waals surface area contributed by atoms with Crippen LogP contribution < -0.4 is 10.3 Å². The van der Waals surface area contributed by atoms with Crippen LogP contribution in [0.1, 0.15) is 30.1 Å². The van der Waals surface area contributed by atoms with E-state index in [-0.39, 0.29) is 17.7 Å². The van der Waals surface area contributed by atoms with E-state index in [9.17, 15) is 9.59 Å². The molecule has 2 aromatic heterocycles. The van der Waals surface area contributed by atoms with Crippen LogP contribution in [0.25, 0.3) is 10.2 Å². The molecule has 0 aliphatic rings. The molecule has 3 rings (SSSR count). The van der Waals surface area contributed by atoms with E-state index in [1.165, 1.54) is 22.2 Å². The van der Waals surface area contributed by atoms with Gasteiger partial charge in [0.25, 0.3) is 5.56 Å². The Bertz CT molecular complexity index is 982. The maximum absolute atomic E-state index is 12.8. The summed E-state index contributed by atoms with van der Waals surface area (Å²) in [6.07, 6.45) is 3.19. The fraction of sp³-hybridized carbons (Fsp3) is 0.316. The number of nitrogens with zero attached hydrogens (tertiary/aromatic N) is 2. The molecule has 6 nitrogen and oxygen atoms in total. The van der Waals surface area contributed by atoms with Gasteiger partial charge in [0.15, 0.2) is 0 Å². The van der Waals surface area contributed by atoms with Gasteiger partial charge in [-0.05, 0) is 30.7 Å². The second-order valence-corrected chi connectivity index (χ2v) is 7.16. The lowest BCUT2D eigenvalue weighted by Gasteiger charge is -2.08.